The maximum absolute atomic E-state index is 6.21. The molecule has 5 heteroatoms. The normalized spacial score (nSPS) is 10.4. The van der Waals surface area contributed by atoms with E-state index >= 15 is 0 Å². The first kappa shape index (κ1) is 33.3. The number of hydrogen-bond donors (Lipinski definition) is 2. The molecule has 0 unspecified atom stereocenters. The minimum absolute atomic E-state index is 0.580. The maximum atomic E-state index is 6.21. The van der Waals surface area contributed by atoms with E-state index in [0.717, 1.165) is 101 Å². The standard InChI is InChI=1S/C37H45BrN2O2/c1-4-6-8-21-41-36-28(3)23-31(17-19-39)25-33(36)15-13-29-11-10-12-30(24-29)14-16-34-26-32(18-20-40)27-35(38)37(34)42-22-9-7-5-2/h10-12,23-27H,4-9,17-22,39-40H2,1-3H3. The molecule has 0 fully saturated rings. The Morgan fingerprint density at radius 2 is 1.19 bits per heavy atom. The molecule has 0 bridgehead atoms. The molecule has 0 aliphatic rings. The summed E-state index contributed by atoms with van der Waals surface area (Å²) in [6.07, 6.45) is 8.24. The van der Waals surface area contributed by atoms with Crippen molar-refractivity contribution in [1.82, 2.24) is 0 Å². The summed E-state index contributed by atoms with van der Waals surface area (Å²) >= 11 is 3.70. The van der Waals surface area contributed by atoms with Gasteiger partial charge in [0.05, 0.1) is 28.8 Å². The van der Waals surface area contributed by atoms with E-state index in [1.807, 2.05) is 24.3 Å². The molecule has 0 saturated carbocycles. The summed E-state index contributed by atoms with van der Waals surface area (Å²) in [5.74, 6) is 15.1. The summed E-state index contributed by atoms with van der Waals surface area (Å²) in [4.78, 5) is 0. The molecule has 3 aromatic rings. The fraction of sp³-hybridized carbons (Fsp3) is 0.405. The molecule has 0 saturated heterocycles. The monoisotopic (exact) mass is 628 g/mol. The molecule has 4 N–H and O–H groups in total. The van der Waals surface area contributed by atoms with Crippen molar-refractivity contribution in [3.8, 4) is 35.2 Å². The number of rotatable bonds is 14. The van der Waals surface area contributed by atoms with Gasteiger partial charge in [0.15, 0.2) is 0 Å². The average Bonchev–Trinajstić information content (AvgIpc) is 2.97. The van der Waals surface area contributed by atoms with Crippen molar-refractivity contribution in [2.45, 2.75) is 72.1 Å². The van der Waals surface area contributed by atoms with Gasteiger partial charge in [-0.25, -0.2) is 0 Å². The number of unbranched alkanes of at least 4 members (excludes halogenated alkanes) is 4. The summed E-state index contributed by atoms with van der Waals surface area (Å²) in [6.45, 7) is 9.00. The van der Waals surface area contributed by atoms with Crippen molar-refractivity contribution in [2.75, 3.05) is 26.3 Å². The molecule has 0 radical (unpaired) electrons. The molecule has 4 nitrogen and oxygen atoms in total. The molecule has 0 spiro atoms. The number of hydrogen-bond acceptors (Lipinski definition) is 4. The van der Waals surface area contributed by atoms with E-state index in [1.165, 1.54) is 5.56 Å². The van der Waals surface area contributed by atoms with Crippen LogP contribution in [0.15, 0.2) is 53.0 Å². The highest BCUT2D eigenvalue weighted by molar-refractivity contribution is 9.10. The lowest BCUT2D eigenvalue weighted by molar-refractivity contribution is 0.303. The highest BCUT2D eigenvalue weighted by Crippen LogP contribution is 2.31. The van der Waals surface area contributed by atoms with E-state index in [2.05, 4.69) is 84.6 Å². The molecular weight excluding hydrogens is 584 g/mol. The average molecular weight is 630 g/mol. The van der Waals surface area contributed by atoms with Crippen molar-refractivity contribution in [2.24, 2.45) is 11.5 Å². The van der Waals surface area contributed by atoms with E-state index in [-0.39, 0.29) is 0 Å². The molecule has 42 heavy (non-hydrogen) atoms. The highest BCUT2D eigenvalue weighted by Gasteiger charge is 2.11. The van der Waals surface area contributed by atoms with Crippen LogP contribution in [0.2, 0.25) is 0 Å². The van der Waals surface area contributed by atoms with Crippen LogP contribution in [-0.2, 0) is 12.8 Å². The Labute approximate surface area is 261 Å². The van der Waals surface area contributed by atoms with Crippen LogP contribution in [0.4, 0.5) is 0 Å². The summed E-state index contributed by atoms with van der Waals surface area (Å²) in [5, 5.41) is 0. The number of benzene rings is 3. The SMILES string of the molecule is CCCCCOc1c(C)cc(CCN)cc1C#Cc1cccc(C#Cc2cc(CCN)cc(Br)c2OCCCCC)c1. The summed E-state index contributed by atoms with van der Waals surface area (Å²) in [5.41, 5.74) is 18.6. The Morgan fingerprint density at radius 1 is 0.667 bits per heavy atom. The Hall–Kier alpha value is -3.22. The molecule has 222 valence electrons. The summed E-state index contributed by atoms with van der Waals surface area (Å²) < 4.78 is 13.3. The van der Waals surface area contributed by atoms with Gasteiger partial charge in [-0.1, -0.05) is 75.3 Å². The van der Waals surface area contributed by atoms with Crippen LogP contribution in [0, 0.1) is 30.6 Å². The minimum atomic E-state index is 0.580. The zero-order valence-electron chi connectivity index (χ0n) is 25.5. The Kier molecular flexibility index (Phi) is 14.5. The quantitative estimate of drug-likeness (QED) is 0.142. The van der Waals surface area contributed by atoms with Crippen molar-refractivity contribution < 1.29 is 9.47 Å². The smallest absolute Gasteiger partial charge is 0.149 e. The molecule has 0 aliphatic heterocycles. The molecule has 0 aliphatic carbocycles. The molecular formula is C37H45BrN2O2. The van der Waals surface area contributed by atoms with Crippen molar-refractivity contribution >= 4 is 15.9 Å². The highest BCUT2D eigenvalue weighted by atomic mass is 79.9. The molecule has 3 aromatic carbocycles. The molecule has 0 atom stereocenters. The lowest BCUT2D eigenvalue weighted by Gasteiger charge is -2.13. The van der Waals surface area contributed by atoms with Crippen LogP contribution in [0.1, 0.15) is 91.3 Å². The second kappa shape index (κ2) is 18.3. The minimum Gasteiger partial charge on any atom is -0.492 e. The van der Waals surface area contributed by atoms with E-state index in [9.17, 15) is 0 Å². The van der Waals surface area contributed by atoms with Gasteiger partial charge in [0.25, 0.3) is 0 Å². The van der Waals surface area contributed by atoms with Gasteiger partial charge >= 0.3 is 0 Å². The zero-order valence-corrected chi connectivity index (χ0v) is 27.0. The maximum Gasteiger partial charge on any atom is 0.149 e. The molecule has 0 amide bonds. The van der Waals surface area contributed by atoms with Crippen LogP contribution >= 0.6 is 15.9 Å². The van der Waals surface area contributed by atoms with Gasteiger partial charge in [0, 0.05) is 11.1 Å². The summed E-state index contributed by atoms with van der Waals surface area (Å²) in [7, 11) is 0. The van der Waals surface area contributed by atoms with E-state index in [1.54, 1.807) is 0 Å². The number of halogens is 1. The second-order valence-electron chi connectivity index (χ2n) is 10.5. The number of nitrogens with two attached hydrogens (primary N) is 2. The Bertz CT molecular complexity index is 1320. The lowest BCUT2D eigenvalue weighted by atomic mass is 10.0. The van der Waals surface area contributed by atoms with Crippen molar-refractivity contribution in [3.63, 3.8) is 0 Å². The topological polar surface area (TPSA) is 70.5 Å². The van der Waals surface area contributed by atoms with Gasteiger partial charge < -0.3 is 20.9 Å². The predicted molar refractivity (Wildman–Crippen MR) is 179 cm³/mol. The third kappa shape index (κ3) is 10.6. The van der Waals surface area contributed by atoms with Gasteiger partial charge in [-0.3, -0.25) is 0 Å². The predicted octanol–water partition coefficient (Wildman–Crippen LogP) is 7.70. The largest absolute Gasteiger partial charge is 0.492 e. The van der Waals surface area contributed by atoms with Crippen LogP contribution in [-0.4, -0.2) is 26.3 Å². The van der Waals surface area contributed by atoms with Gasteiger partial charge in [-0.15, -0.1) is 0 Å². The molecule has 0 aromatic heterocycles. The third-order valence-electron chi connectivity index (χ3n) is 6.84. The van der Waals surface area contributed by atoms with E-state index in [0.29, 0.717) is 26.3 Å². The summed E-state index contributed by atoms with van der Waals surface area (Å²) in [6, 6.07) is 16.5. The third-order valence-corrected chi connectivity index (χ3v) is 7.43. The first-order chi connectivity index (χ1) is 20.5. The van der Waals surface area contributed by atoms with Gasteiger partial charge in [-0.05, 0) is 115 Å². The van der Waals surface area contributed by atoms with E-state index < -0.39 is 0 Å². The molecule has 3 rings (SSSR count). The first-order valence-electron chi connectivity index (χ1n) is 15.2. The second-order valence-corrected chi connectivity index (χ2v) is 11.4. The van der Waals surface area contributed by atoms with Crippen LogP contribution < -0.4 is 20.9 Å². The van der Waals surface area contributed by atoms with Gasteiger partial charge in [0.1, 0.15) is 11.5 Å². The zero-order chi connectivity index (χ0) is 30.2. The van der Waals surface area contributed by atoms with Crippen molar-refractivity contribution in [3.05, 3.63) is 91.9 Å². The first-order valence-corrected chi connectivity index (χ1v) is 16.0. The number of aryl methyl sites for hydroxylation is 1. The van der Waals surface area contributed by atoms with Gasteiger partial charge in [0.2, 0.25) is 0 Å². The van der Waals surface area contributed by atoms with E-state index in [4.69, 9.17) is 20.9 Å². The lowest BCUT2D eigenvalue weighted by Crippen LogP contribution is -2.05. The van der Waals surface area contributed by atoms with Crippen LogP contribution in [0.5, 0.6) is 11.5 Å². The van der Waals surface area contributed by atoms with Gasteiger partial charge in [-0.2, -0.15) is 0 Å². The Balaban J connectivity index is 1.91. The fourth-order valence-electron chi connectivity index (χ4n) is 4.65. The van der Waals surface area contributed by atoms with Crippen LogP contribution in [0.25, 0.3) is 0 Å². The van der Waals surface area contributed by atoms with Crippen LogP contribution in [0.3, 0.4) is 0 Å². The Morgan fingerprint density at radius 3 is 1.74 bits per heavy atom. The van der Waals surface area contributed by atoms with Crippen molar-refractivity contribution in [1.29, 1.82) is 0 Å². The fourth-order valence-corrected chi connectivity index (χ4v) is 5.27. The number of ether oxygens (including phenoxy) is 2. The molecule has 0 heterocycles.